The van der Waals surface area contributed by atoms with Crippen molar-refractivity contribution in [1.29, 1.82) is 0 Å². The van der Waals surface area contributed by atoms with E-state index in [0.717, 1.165) is 31.9 Å². The first-order chi connectivity index (χ1) is 16.1. The molecule has 0 amide bonds. The molecule has 33 heavy (non-hydrogen) atoms. The van der Waals surface area contributed by atoms with Crippen LogP contribution in [0.25, 0.3) is 0 Å². The van der Waals surface area contributed by atoms with Crippen LogP contribution in [-0.4, -0.2) is 13.3 Å². The fraction of sp³-hybridized carbons (Fsp3) is 0.0741. The first kappa shape index (κ1) is 22.8. The largest absolute Gasteiger partial charge is 0.493 e. The highest BCUT2D eigenvalue weighted by molar-refractivity contribution is 14.1. The minimum Gasteiger partial charge on any atom is -0.493 e. The molecule has 0 aromatic heterocycles. The van der Waals surface area contributed by atoms with E-state index in [1.165, 1.54) is 12.1 Å². The van der Waals surface area contributed by atoms with Gasteiger partial charge in [-0.3, -0.25) is 4.99 Å². The van der Waals surface area contributed by atoms with Gasteiger partial charge in [0, 0.05) is 6.21 Å². The third kappa shape index (κ3) is 6.32. The number of hydrogen-bond donors (Lipinski definition) is 0. The lowest BCUT2D eigenvalue weighted by Crippen LogP contribution is -2.01. The molecule has 0 radical (unpaired) electrons. The molecule has 0 saturated carbocycles. The Hall–Kier alpha value is -3.39. The maximum atomic E-state index is 13.4. The molecule has 0 unspecified atom stereocenters. The number of benzene rings is 4. The summed E-state index contributed by atoms with van der Waals surface area (Å²) in [6, 6.07) is 27.4. The van der Waals surface area contributed by atoms with Gasteiger partial charge in [0.25, 0.3) is 0 Å². The highest BCUT2D eigenvalue weighted by Crippen LogP contribution is 2.34. The maximum absolute atomic E-state index is 13.4. The first-order valence-corrected chi connectivity index (χ1v) is 11.3. The van der Waals surface area contributed by atoms with Crippen molar-refractivity contribution < 1.29 is 18.6 Å². The summed E-state index contributed by atoms with van der Waals surface area (Å²) in [4.78, 5) is 4.55. The quantitative estimate of drug-likeness (QED) is 0.167. The number of ether oxygens (including phenoxy) is 3. The molecule has 0 bridgehead atoms. The minimum atomic E-state index is -0.288. The van der Waals surface area contributed by atoms with Crippen molar-refractivity contribution in [1.82, 2.24) is 0 Å². The summed E-state index contributed by atoms with van der Waals surface area (Å²) < 4.78 is 31.5. The molecule has 0 aliphatic carbocycles. The van der Waals surface area contributed by atoms with Crippen molar-refractivity contribution in [3.8, 4) is 23.0 Å². The van der Waals surface area contributed by atoms with Crippen LogP contribution < -0.4 is 14.2 Å². The van der Waals surface area contributed by atoms with Crippen molar-refractivity contribution in [2.24, 2.45) is 4.99 Å². The highest BCUT2D eigenvalue weighted by atomic mass is 127. The van der Waals surface area contributed by atoms with Gasteiger partial charge < -0.3 is 14.2 Å². The van der Waals surface area contributed by atoms with Gasteiger partial charge in [0.2, 0.25) is 0 Å². The van der Waals surface area contributed by atoms with Crippen molar-refractivity contribution in [2.45, 2.75) is 6.61 Å². The van der Waals surface area contributed by atoms with Gasteiger partial charge in [-0.1, -0.05) is 30.3 Å². The predicted octanol–water partition coefficient (Wildman–Crippen LogP) is 7.56. The molecule has 6 heteroatoms. The third-order valence-electron chi connectivity index (χ3n) is 4.70. The SMILES string of the molecule is COc1cc(C=Nc2ccc(Oc3ccccc3)cc2)cc(I)c1OCc1cccc(F)c1. The fourth-order valence-corrected chi connectivity index (χ4v) is 3.89. The number of methoxy groups -OCH3 is 1. The van der Waals surface area contributed by atoms with Gasteiger partial charge in [-0.2, -0.15) is 0 Å². The molecule has 0 fully saturated rings. The molecule has 4 aromatic rings. The Balaban J connectivity index is 1.45. The van der Waals surface area contributed by atoms with E-state index in [-0.39, 0.29) is 12.4 Å². The van der Waals surface area contributed by atoms with Crippen molar-refractivity contribution >= 4 is 34.5 Å². The van der Waals surface area contributed by atoms with Crippen LogP contribution in [0.2, 0.25) is 0 Å². The molecule has 0 aliphatic heterocycles. The second-order valence-corrected chi connectivity index (χ2v) is 8.28. The number of aliphatic imine (C=N–C) groups is 1. The minimum absolute atomic E-state index is 0.245. The van der Waals surface area contributed by atoms with Gasteiger partial charge in [0.15, 0.2) is 11.5 Å². The Kier molecular flexibility index (Phi) is 7.57. The normalized spacial score (nSPS) is 10.9. The van der Waals surface area contributed by atoms with Crippen LogP contribution in [0.5, 0.6) is 23.0 Å². The molecule has 0 atom stereocenters. The average Bonchev–Trinajstić information content (AvgIpc) is 2.83. The number of halogens is 2. The van der Waals surface area contributed by atoms with E-state index in [1.807, 2.05) is 72.8 Å². The number of para-hydroxylation sites is 1. The van der Waals surface area contributed by atoms with Crippen molar-refractivity contribution in [3.05, 3.63) is 112 Å². The van der Waals surface area contributed by atoms with Gasteiger partial charge >= 0.3 is 0 Å². The zero-order valence-electron chi connectivity index (χ0n) is 17.9. The van der Waals surface area contributed by atoms with Crippen LogP contribution in [-0.2, 0) is 6.61 Å². The van der Waals surface area contributed by atoms with Crippen LogP contribution in [0.1, 0.15) is 11.1 Å². The van der Waals surface area contributed by atoms with Gasteiger partial charge in [0.05, 0.1) is 16.4 Å². The van der Waals surface area contributed by atoms with Crippen LogP contribution >= 0.6 is 22.6 Å². The molecule has 0 heterocycles. The Bertz CT molecular complexity index is 1240. The number of rotatable bonds is 8. The summed E-state index contributed by atoms with van der Waals surface area (Å²) in [6.07, 6.45) is 1.77. The van der Waals surface area contributed by atoms with Crippen LogP contribution in [0.15, 0.2) is 96.0 Å². The third-order valence-corrected chi connectivity index (χ3v) is 5.50. The lowest BCUT2D eigenvalue weighted by Gasteiger charge is -2.13. The Labute approximate surface area is 205 Å². The van der Waals surface area contributed by atoms with Gasteiger partial charge in [-0.15, -0.1) is 0 Å². The topological polar surface area (TPSA) is 40.0 Å². The van der Waals surface area contributed by atoms with Gasteiger partial charge in [-0.05, 0) is 94.4 Å². The lowest BCUT2D eigenvalue weighted by molar-refractivity contribution is 0.282. The molecular weight excluding hydrogens is 532 g/mol. The zero-order chi connectivity index (χ0) is 23.0. The van der Waals surface area contributed by atoms with E-state index in [2.05, 4.69) is 27.6 Å². The molecule has 0 N–H and O–H groups in total. The average molecular weight is 553 g/mol. The predicted molar refractivity (Wildman–Crippen MR) is 137 cm³/mol. The number of nitrogens with zero attached hydrogens (tertiary/aromatic N) is 1. The summed E-state index contributed by atoms with van der Waals surface area (Å²) in [7, 11) is 1.59. The standard InChI is InChI=1S/C27H21FINO3/c1-31-26-16-20(15-25(29)27(26)32-18-19-6-5-7-21(28)14-19)17-30-22-10-12-24(13-11-22)33-23-8-3-2-4-9-23/h2-17H,18H2,1H3. The summed E-state index contributed by atoms with van der Waals surface area (Å²) in [6.45, 7) is 0.245. The van der Waals surface area contributed by atoms with E-state index < -0.39 is 0 Å². The van der Waals surface area contributed by atoms with E-state index in [1.54, 1.807) is 19.4 Å². The maximum Gasteiger partial charge on any atom is 0.174 e. The Morgan fingerprint density at radius 1 is 0.879 bits per heavy atom. The summed E-state index contributed by atoms with van der Waals surface area (Å²) >= 11 is 2.20. The highest BCUT2D eigenvalue weighted by Gasteiger charge is 2.12. The molecule has 4 aromatic carbocycles. The molecule has 166 valence electrons. The zero-order valence-corrected chi connectivity index (χ0v) is 20.0. The summed E-state index contributed by atoms with van der Waals surface area (Å²) in [5, 5.41) is 0. The van der Waals surface area contributed by atoms with Gasteiger partial charge in [0.1, 0.15) is 23.9 Å². The molecule has 0 aliphatic rings. The Morgan fingerprint density at radius 2 is 1.64 bits per heavy atom. The van der Waals surface area contributed by atoms with E-state index in [4.69, 9.17) is 14.2 Å². The number of hydrogen-bond acceptors (Lipinski definition) is 4. The molecular formula is C27H21FINO3. The Morgan fingerprint density at radius 3 is 2.36 bits per heavy atom. The second-order valence-electron chi connectivity index (χ2n) is 7.12. The fourth-order valence-electron chi connectivity index (χ4n) is 3.11. The lowest BCUT2D eigenvalue weighted by atomic mass is 10.2. The van der Waals surface area contributed by atoms with E-state index in [9.17, 15) is 4.39 Å². The summed E-state index contributed by atoms with van der Waals surface area (Å²) in [5.74, 6) is 2.45. The molecule has 0 spiro atoms. The van der Waals surface area contributed by atoms with Crippen LogP contribution in [0.3, 0.4) is 0 Å². The van der Waals surface area contributed by atoms with Crippen molar-refractivity contribution in [2.75, 3.05) is 7.11 Å². The van der Waals surface area contributed by atoms with Crippen molar-refractivity contribution in [3.63, 3.8) is 0 Å². The van der Waals surface area contributed by atoms with E-state index in [0.29, 0.717) is 11.5 Å². The molecule has 4 rings (SSSR count). The second kappa shape index (κ2) is 11.0. The summed E-state index contributed by atoms with van der Waals surface area (Å²) in [5.41, 5.74) is 2.42. The van der Waals surface area contributed by atoms with E-state index >= 15 is 0 Å². The van der Waals surface area contributed by atoms with Crippen LogP contribution in [0.4, 0.5) is 10.1 Å². The van der Waals surface area contributed by atoms with Gasteiger partial charge in [-0.25, -0.2) is 4.39 Å². The monoisotopic (exact) mass is 553 g/mol. The van der Waals surface area contributed by atoms with Crippen LogP contribution in [0, 0.1) is 9.39 Å². The molecule has 0 saturated heterocycles. The first-order valence-electron chi connectivity index (χ1n) is 10.2. The smallest absolute Gasteiger partial charge is 0.174 e. The molecule has 4 nitrogen and oxygen atoms in total.